The van der Waals surface area contributed by atoms with Crippen LogP contribution in [0.1, 0.15) is 51.2 Å². The maximum Gasteiger partial charge on any atom is 0.226 e. The molecule has 0 aliphatic carbocycles. The quantitative estimate of drug-likeness (QED) is 0.266. The van der Waals surface area contributed by atoms with Gasteiger partial charge in [-0.1, -0.05) is 12.1 Å². The highest BCUT2D eigenvalue weighted by Crippen LogP contribution is 2.10. The Bertz CT molecular complexity index is 499. The molecule has 0 amide bonds. The van der Waals surface area contributed by atoms with Crippen molar-refractivity contribution in [3.63, 3.8) is 0 Å². The monoisotopic (exact) mass is 464 g/mol. The standard InChI is InChI=1S/C17H32N6O.HI/c1-4-11-23-12-8-15(9-13-23)21-17(18-5-2)19-10-6-7-16-20-14(3)22-24-16;/h15H,4-13H2,1-3H3,(H2,18,19,21);1H. The summed E-state index contributed by atoms with van der Waals surface area (Å²) in [5.74, 6) is 2.31. The van der Waals surface area contributed by atoms with Crippen molar-refractivity contribution in [2.45, 2.75) is 58.9 Å². The molecule has 8 heteroatoms. The first-order chi connectivity index (χ1) is 11.7. The van der Waals surface area contributed by atoms with Crippen LogP contribution in [0.25, 0.3) is 0 Å². The second-order valence-corrected chi connectivity index (χ2v) is 6.36. The Hall–Kier alpha value is -0.900. The van der Waals surface area contributed by atoms with E-state index in [-0.39, 0.29) is 24.0 Å². The van der Waals surface area contributed by atoms with Gasteiger partial charge in [0, 0.05) is 38.6 Å². The molecule has 1 saturated heterocycles. The van der Waals surface area contributed by atoms with Gasteiger partial charge in [-0.25, -0.2) is 0 Å². The van der Waals surface area contributed by atoms with E-state index in [1.165, 1.54) is 38.9 Å². The van der Waals surface area contributed by atoms with Crippen LogP contribution < -0.4 is 10.6 Å². The van der Waals surface area contributed by atoms with Gasteiger partial charge in [0.15, 0.2) is 11.8 Å². The van der Waals surface area contributed by atoms with E-state index in [4.69, 9.17) is 4.52 Å². The average Bonchev–Trinajstić information content (AvgIpc) is 2.99. The highest BCUT2D eigenvalue weighted by atomic mass is 127. The van der Waals surface area contributed by atoms with E-state index in [0.717, 1.165) is 31.9 Å². The van der Waals surface area contributed by atoms with E-state index in [0.29, 0.717) is 17.8 Å². The fraction of sp³-hybridized carbons (Fsp3) is 0.824. The lowest BCUT2D eigenvalue weighted by molar-refractivity contribution is 0.206. The zero-order valence-electron chi connectivity index (χ0n) is 15.8. The molecular formula is C17H33IN6O. The van der Waals surface area contributed by atoms with E-state index in [2.05, 4.69) is 44.5 Å². The summed E-state index contributed by atoms with van der Waals surface area (Å²) in [6.45, 7) is 11.4. The summed E-state index contributed by atoms with van der Waals surface area (Å²) in [5.41, 5.74) is 0. The first kappa shape index (κ1) is 22.1. The number of hydrogen-bond donors (Lipinski definition) is 2. The number of piperidine rings is 1. The van der Waals surface area contributed by atoms with Gasteiger partial charge in [-0.2, -0.15) is 4.98 Å². The number of nitrogens with zero attached hydrogens (tertiary/aromatic N) is 4. The molecule has 1 aliphatic rings. The van der Waals surface area contributed by atoms with Crippen LogP contribution in [0, 0.1) is 6.92 Å². The number of hydrogen-bond acceptors (Lipinski definition) is 5. The Morgan fingerprint density at radius 3 is 2.68 bits per heavy atom. The summed E-state index contributed by atoms with van der Waals surface area (Å²) >= 11 is 0. The molecule has 1 aliphatic heterocycles. The molecule has 0 bridgehead atoms. The Balaban J connectivity index is 0.00000312. The van der Waals surface area contributed by atoms with Crippen molar-refractivity contribution >= 4 is 29.9 Å². The first-order valence-corrected chi connectivity index (χ1v) is 9.27. The van der Waals surface area contributed by atoms with Gasteiger partial charge < -0.3 is 20.1 Å². The molecule has 1 aromatic rings. The van der Waals surface area contributed by atoms with Crippen LogP contribution in [-0.4, -0.2) is 59.8 Å². The van der Waals surface area contributed by atoms with Crippen molar-refractivity contribution in [3.05, 3.63) is 11.7 Å². The largest absolute Gasteiger partial charge is 0.357 e. The maximum atomic E-state index is 5.12. The van der Waals surface area contributed by atoms with Crippen LogP contribution >= 0.6 is 24.0 Å². The minimum absolute atomic E-state index is 0. The topological polar surface area (TPSA) is 78.6 Å². The molecule has 25 heavy (non-hydrogen) atoms. The lowest BCUT2D eigenvalue weighted by Gasteiger charge is -2.32. The summed E-state index contributed by atoms with van der Waals surface area (Å²) in [5, 5.41) is 10.7. The number of halogens is 1. The number of aryl methyl sites for hydroxylation is 2. The van der Waals surface area contributed by atoms with Crippen molar-refractivity contribution in [1.82, 2.24) is 25.7 Å². The van der Waals surface area contributed by atoms with E-state index in [1.807, 2.05) is 6.92 Å². The van der Waals surface area contributed by atoms with Crippen LogP contribution in [0.3, 0.4) is 0 Å². The van der Waals surface area contributed by atoms with Crippen LogP contribution in [-0.2, 0) is 6.42 Å². The average molecular weight is 464 g/mol. The fourth-order valence-electron chi connectivity index (χ4n) is 2.99. The zero-order valence-corrected chi connectivity index (χ0v) is 18.1. The number of nitrogens with one attached hydrogen (secondary N) is 2. The molecule has 2 N–H and O–H groups in total. The number of rotatable bonds is 8. The summed E-state index contributed by atoms with van der Waals surface area (Å²) < 4.78 is 5.12. The van der Waals surface area contributed by atoms with Gasteiger partial charge in [-0.15, -0.1) is 24.0 Å². The Morgan fingerprint density at radius 2 is 2.08 bits per heavy atom. The lowest BCUT2D eigenvalue weighted by atomic mass is 10.1. The van der Waals surface area contributed by atoms with Crippen LogP contribution in [0.4, 0.5) is 0 Å². The Morgan fingerprint density at radius 1 is 1.32 bits per heavy atom. The van der Waals surface area contributed by atoms with Crippen molar-refractivity contribution < 1.29 is 4.52 Å². The molecular weight excluding hydrogens is 431 g/mol. The smallest absolute Gasteiger partial charge is 0.226 e. The van der Waals surface area contributed by atoms with Crippen LogP contribution in [0.15, 0.2) is 9.52 Å². The second-order valence-electron chi connectivity index (χ2n) is 6.36. The van der Waals surface area contributed by atoms with Gasteiger partial charge in [0.05, 0.1) is 0 Å². The first-order valence-electron chi connectivity index (χ1n) is 9.27. The van der Waals surface area contributed by atoms with Gasteiger partial charge in [-0.3, -0.25) is 4.99 Å². The third-order valence-corrected chi connectivity index (χ3v) is 4.20. The van der Waals surface area contributed by atoms with Crippen LogP contribution in [0.2, 0.25) is 0 Å². The SMILES string of the molecule is CCCN1CCC(NC(=NCCCc2nc(C)no2)NCC)CC1.I. The third-order valence-electron chi connectivity index (χ3n) is 4.20. The van der Waals surface area contributed by atoms with Crippen molar-refractivity contribution in [2.24, 2.45) is 4.99 Å². The normalized spacial score (nSPS) is 16.5. The van der Waals surface area contributed by atoms with Crippen LogP contribution in [0.5, 0.6) is 0 Å². The van der Waals surface area contributed by atoms with E-state index in [1.54, 1.807) is 0 Å². The van der Waals surface area contributed by atoms with Crippen molar-refractivity contribution in [3.8, 4) is 0 Å². The molecule has 1 aromatic heterocycles. The predicted octanol–water partition coefficient (Wildman–Crippen LogP) is 2.36. The zero-order chi connectivity index (χ0) is 17.2. The second kappa shape index (κ2) is 12.5. The molecule has 0 unspecified atom stereocenters. The van der Waals surface area contributed by atoms with Gasteiger partial charge >= 0.3 is 0 Å². The number of likely N-dealkylation sites (tertiary alicyclic amines) is 1. The lowest BCUT2D eigenvalue weighted by Crippen LogP contribution is -2.48. The highest BCUT2D eigenvalue weighted by Gasteiger charge is 2.19. The van der Waals surface area contributed by atoms with Gasteiger partial charge in [-0.05, 0) is 46.1 Å². The van der Waals surface area contributed by atoms with E-state index in [9.17, 15) is 0 Å². The molecule has 0 radical (unpaired) electrons. The predicted molar refractivity (Wildman–Crippen MR) is 112 cm³/mol. The molecule has 0 saturated carbocycles. The maximum absolute atomic E-state index is 5.12. The molecule has 0 atom stereocenters. The number of aromatic nitrogens is 2. The van der Waals surface area contributed by atoms with Gasteiger partial charge in [0.1, 0.15) is 0 Å². The molecule has 2 rings (SSSR count). The summed E-state index contributed by atoms with van der Waals surface area (Å²) in [7, 11) is 0. The number of guanidine groups is 1. The Kier molecular flexibility index (Phi) is 11.0. The van der Waals surface area contributed by atoms with E-state index < -0.39 is 0 Å². The molecule has 1 fully saturated rings. The molecule has 7 nitrogen and oxygen atoms in total. The molecule has 0 spiro atoms. The molecule has 144 valence electrons. The molecule has 2 heterocycles. The Labute approximate surface area is 168 Å². The molecule has 0 aromatic carbocycles. The van der Waals surface area contributed by atoms with Gasteiger partial charge in [0.25, 0.3) is 0 Å². The fourth-order valence-corrected chi connectivity index (χ4v) is 2.99. The van der Waals surface area contributed by atoms with Crippen molar-refractivity contribution in [1.29, 1.82) is 0 Å². The minimum atomic E-state index is 0. The minimum Gasteiger partial charge on any atom is -0.357 e. The summed E-state index contributed by atoms with van der Waals surface area (Å²) in [4.78, 5) is 11.4. The van der Waals surface area contributed by atoms with E-state index >= 15 is 0 Å². The van der Waals surface area contributed by atoms with Gasteiger partial charge in [0.2, 0.25) is 5.89 Å². The van der Waals surface area contributed by atoms with Crippen molar-refractivity contribution in [2.75, 3.05) is 32.7 Å². The highest BCUT2D eigenvalue weighted by molar-refractivity contribution is 14.0. The summed E-state index contributed by atoms with van der Waals surface area (Å²) in [6, 6.07) is 0.523. The summed E-state index contributed by atoms with van der Waals surface area (Å²) in [6.07, 6.45) is 5.30. The third kappa shape index (κ3) is 8.35. The number of aliphatic imine (C=N–C) groups is 1.